The van der Waals surface area contributed by atoms with E-state index < -0.39 is 0 Å². The molecule has 0 aliphatic heterocycles. The molecule has 1 unspecified atom stereocenters. The summed E-state index contributed by atoms with van der Waals surface area (Å²) in [7, 11) is 0. The zero-order valence-corrected chi connectivity index (χ0v) is 7.57. The van der Waals surface area contributed by atoms with E-state index in [0.717, 1.165) is 5.56 Å². The van der Waals surface area contributed by atoms with Gasteiger partial charge in [-0.15, -0.1) is 0 Å². The number of para-hydroxylation sites is 1. The van der Waals surface area contributed by atoms with Gasteiger partial charge in [0.15, 0.2) is 0 Å². The SMILES string of the molecule is CC1=CC(c2ccccc2O)C=C1. The molecule has 66 valence electrons. The van der Waals surface area contributed by atoms with Crippen LogP contribution in [0.1, 0.15) is 18.4 Å². The Labute approximate surface area is 78.0 Å². The number of allylic oxidation sites excluding steroid dienone is 4. The van der Waals surface area contributed by atoms with Crippen molar-refractivity contribution in [3.05, 3.63) is 53.6 Å². The predicted octanol–water partition coefficient (Wildman–Crippen LogP) is 2.99. The second-order valence-electron chi connectivity index (χ2n) is 3.35. The molecule has 0 saturated carbocycles. The smallest absolute Gasteiger partial charge is 0.119 e. The molecule has 0 bridgehead atoms. The summed E-state index contributed by atoms with van der Waals surface area (Å²) in [6, 6.07) is 7.47. The van der Waals surface area contributed by atoms with E-state index in [0.29, 0.717) is 5.75 Å². The normalized spacial score (nSPS) is 20.4. The third kappa shape index (κ3) is 1.50. The van der Waals surface area contributed by atoms with Crippen LogP contribution in [0, 0.1) is 0 Å². The number of hydrogen-bond acceptors (Lipinski definition) is 1. The Bertz CT molecular complexity index is 374. The lowest BCUT2D eigenvalue weighted by Crippen LogP contribution is -1.88. The van der Waals surface area contributed by atoms with Crippen LogP contribution in [0.3, 0.4) is 0 Å². The topological polar surface area (TPSA) is 20.2 Å². The van der Waals surface area contributed by atoms with Crippen LogP contribution < -0.4 is 0 Å². The van der Waals surface area contributed by atoms with Gasteiger partial charge in [-0.2, -0.15) is 0 Å². The van der Waals surface area contributed by atoms with E-state index in [4.69, 9.17) is 0 Å². The maximum atomic E-state index is 9.59. The van der Waals surface area contributed by atoms with Gasteiger partial charge in [-0.3, -0.25) is 0 Å². The lowest BCUT2D eigenvalue weighted by Gasteiger charge is -2.07. The first-order valence-electron chi connectivity index (χ1n) is 4.42. The molecule has 0 radical (unpaired) electrons. The maximum absolute atomic E-state index is 9.59. The van der Waals surface area contributed by atoms with E-state index in [-0.39, 0.29) is 5.92 Å². The van der Waals surface area contributed by atoms with Crippen molar-refractivity contribution in [2.24, 2.45) is 0 Å². The highest BCUT2D eigenvalue weighted by Crippen LogP contribution is 2.31. The van der Waals surface area contributed by atoms with Gasteiger partial charge < -0.3 is 5.11 Å². The predicted molar refractivity (Wildman–Crippen MR) is 53.7 cm³/mol. The van der Waals surface area contributed by atoms with E-state index in [9.17, 15) is 5.11 Å². The van der Waals surface area contributed by atoms with Crippen LogP contribution >= 0.6 is 0 Å². The molecule has 0 aromatic heterocycles. The maximum Gasteiger partial charge on any atom is 0.119 e. The number of aromatic hydroxyl groups is 1. The zero-order chi connectivity index (χ0) is 9.26. The molecule has 1 atom stereocenters. The van der Waals surface area contributed by atoms with Crippen molar-refractivity contribution in [2.45, 2.75) is 12.8 Å². The van der Waals surface area contributed by atoms with Gasteiger partial charge in [-0.25, -0.2) is 0 Å². The molecule has 2 rings (SSSR count). The number of rotatable bonds is 1. The Morgan fingerprint density at radius 2 is 2.00 bits per heavy atom. The third-order valence-corrected chi connectivity index (χ3v) is 2.30. The Kier molecular flexibility index (Phi) is 1.93. The number of benzene rings is 1. The minimum Gasteiger partial charge on any atom is -0.508 e. The van der Waals surface area contributed by atoms with E-state index in [2.05, 4.69) is 25.2 Å². The molecule has 1 aromatic carbocycles. The number of phenols is 1. The number of phenolic OH excluding ortho intramolecular Hbond substituents is 1. The molecular formula is C12H12O. The Hall–Kier alpha value is -1.50. The number of hydrogen-bond donors (Lipinski definition) is 1. The molecule has 0 fully saturated rings. The van der Waals surface area contributed by atoms with E-state index in [1.807, 2.05) is 18.2 Å². The first kappa shape index (κ1) is 8.11. The van der Waals surface area contributed by atoms with E-state index in [1.165, 1.54) is 5.57 Å². The molecule has 0 saturated heterocycles. The van der Waals surface area contributed by atoms with Crippen LogP contribution in [0.25, 0.3) is 0 Å². The van der Waals surface area contributed by atoms with Gasteiger partial charge >= 0.3 is 0 Å². The average Bonchev–Trinajstić information content (AvgIpc) is 2.53. The minimum absolute atomic E-state index is 0.251. The van der Waals surface area contributed by atoms with Gasteiger partial charge in [-0.05, 0) is 13.0 Å². The third-order valence-electron chi connectivity index (χ3n) is 2.30. The molecule has 13 heavy (non-hydrogen) atoms. The highest BCUT2D eigenvalue weighted by atomic mass is 16.3. The quantitative estimate of drug-likeness (QED) is 0.690. The Balaban J connectivity index is 2.38. The first-order chi connectivity index (χ1) is 6.27. The summed E-state index contributed by atoms with van der Waals surface area (Å²) in [4.78, 5) is 0. The van der Waals surface area contributed by atoms with Crippen LogP contribution in [0.5, 0.6) is 5.75 Å². The largest absolute Gasteiger partial charge is 0.508 e. The standard InChI is InChI=1S/C12H12O/c1-9-6-7-10(8-9)11-4-2-3-5-12(11)13/h2-8,10,13H,1H3. The summed E-state index contributed by atoms with van der Waals surface area (Å²) >= 11 is 0. The molecule has 1 aliphatic carbocycles. The molecule has 1 aromatic rings. The summed E-state index contributed by atoms with van der Waals surface area (Å²) in [5, 5.41) is 9.59. The highest BCUT2D eigenvalue weighted by Gasteiger charge is 2.12. The van der Waals surface area contributed by atoms with Gasteiger partial charge in [0.1, 0.15) is 5.75 Å². The van der Waals surface area contributed by atoms with Crippen LogP contribution in [-0.2, 0) is 0 Å². The zero-order valence-electron chi connectivity index (χ0n) is 7.57. The molecule has 1 heteroatoms. The summed E-state index contributed by atoms with van der Waals surface area (Å²) in [6.07, 6.45) is 6.33. The fourth-order valence-corrected chi connectivity index (χ4v) is 1.61. The van der Waals surface area contributed by atoms with Crippen molar-refractivity contribution in [1.29, 1.82) is 0 Å². The minimum atomic E-state index is 0.251. The average molecular weight is 172 g/mol. The van der Waals surface area contributed by atoms with Crippen LogP contribution in [0.4, 0.5) is 0 Å². The molecule has 0 amide bonds. The van der Waals surface area contributed by atoms with Crippen LogP contribution in [-0.4, -0.2) is 5.11 Å². The van der Waals surface area contributed by atoms with E-state index in [1.54, 1.807) is 6.07 Å². The van der Waals surface area contributed by atoms with Gasteiger partial charge in [0.25, 0.3) is 0 Å². The lowest BCUT2D eigenvalue weighted by molar-refractivity contribution is 0.468. The molecular weight excluding hydrogens is 160 g/mol. The summed E-state index contributed by atoms with van der Waals surface area (Å²) in [6.45, 7) is 2.07. The van der Waals surface area contributed by atoms with Crippen LogP contribution in [0.2, 0.25) is 0 Å². The van der Waals surface area contributed by atoms with Gasteiger partial charge in [0, 0.05) is 11.5 Å². The van der Waals surface area contributed by atoms with Gasteiger partial charge in [0.2, 0.25) is 0 Å². The second-order valence-corrected chi connectivity index (χ2v) is 3.35. The Morgan fingerprint density at radius 3 is 2.62 bits per heavy atom. The van der Waals surface area contributed by atoms with Crippen molar-refractivity contribution >= 4 is 0 Å². The fraction of sp³-hybridized carbons (Fsp3) is 0.167. The fourth-order valence-electron chi connectivity index (χ4n) is 1.61. The first-order valence-corrected chi connectivity index (χ1v) is 4.42. The van der Waals surface area contributed by atoms with Crippen molar-refractivity contribution in [2.75, 3.05) is 0 Å². The van der Waals surface area contributed by atoms with Crippen molar-refractivity contribution in [3.63, 3.8) is 0 Å². The second kappa shape index (κ2) is 3.09. The lowest BCUT2D eigenvalue weighted by atomic mass is 10.00. The molecule has 1 nitrogen and oxygen atoms in total. The van der Waals surface area contributed by atoms with Gasteiger partial charge in [-0.1, -0.05) is 42.0 Å². The molecule has 0 heterocycles. The highest BCUT2D eigenvalue weighted by molar-refractivity contribution is 5.45. The Morgan fingerprint density at radius 1 is 1.23 bits per heavy atom. The summed E-state index contributed by atoms with van der Waals surface area (Å²) in [5.41, 5.74) is 2.24. The van der Waals surface area contributed by atoms with Crippen molar-refractivity contribution in [1.82, 2.24) is 0 Å². The molecule has 0 spiro atoms. The van der Waals surface area contributed by atoms with Crippen molar-refractivity contribution < 1.29 is 5.11 Å². The van der Waals surface area contributed by atoms with E-state index >= 15 is 0 Å². The van der Waals surface area contributed by atoms with Crippen LogP contribution in [0.15, 0.2) is 48.1 Å². The monoisotopic (exact) mass is 172 g/mol. The summed E-state index contributed by atoms with van der Waals surface area (Å²) in [5.74, 6) is 0.629. The van der Waals surface area contributed by atoms with Gasteiger partial charge in [0.05, 0.1) is 0 Å². The summed E-state index contributed by atoms with van der Waals surface area (Å²) < 4.78 is 0. The molecule has 1 aliphatic rings. The molecule has 1 N–H and O–H groups in total. The van der Waals surface area contributed by atoms with Crippen molar-refractivity contribution in [3.8, 4) is 5.75 Å².